The highest BCUT2D eigenvalue weighted by Crippen LogP contribution is 2.38. The Balaban J connectivity index is 2.54. The van der Waals surface area contributed by atoms with Crippen molar-refractivity contribution in [3.8, 4) is 11.5 Å². The van der Waals surface area contributed by atoms with Gasteiger partial charge in [0, 0.05) is 10.9 Å². The van der Waals surface area contributed by atoms with Crippen LogP contribution < -0.4 is 9.47 Å². The molecule has 0 aliphatic heterocycles. The molecule has 0 saturated heterocycles. The maximum atomic E-state index is 10.9. The molecule has 0 bridgehead atoms. The molecule has 0 aliphatic carbocycles. The largest absolute Gasteiger partial charge is 0.497 e. The second kappa shape index (κ2) is 5.23. The third-order valence-electron chi connectivity index (χ3n) is 3.22. The van der Waals surface area contributed by atoms with Crippen molar-refractivity contribution in [3.05, 3.63) is 45.6 Å². The van der Waals surface area contributed by atoms with Crippen LogP contribution in [0.1, 0.15) is 22.9 Å². The van der Waals surface area contributed by atoms with Gasteiger partial charge in [-0.2, -0.15) is 0 Å². The first kappa shape index (κ1) is 13.9. The quantitative estimate of drug-likeness (QED) is 0.932. The Kier molecular flexibility index (Phi) is 3.83. The lowest BCUT2D eigenvalue weighted by atomic mass is 9.92. The highest BCUT2D eigenvalue weighted by Gasteiger charge is 2.29. The number of methoxy groups -OCH3 is 2. The summed E-state index contributed by atoms with van der Waals surface area (Å²) in [6.45, 7) is 3.79. The van der Waals surface area contributed by atoms with Crippen molar-refractivity contribution < 1.29 is 14.6 Å². The Labute approximate surface area is 117 Å². The molecule has 0 amide bonds. The third kappa shape index (κ3) is 2.60. The first-order valence-electron chi connectivity index (χ1n) is 5.99. The minimum atomic E-state index is -1.06. The molecule has 19 heavy (non-hydrogen) atoms. The highest BCUT2D eigenvalue weighted by molar-refractivity contribution is 7.10. The van der Waals surface area contributed by atoms with Crippen molar-refractivity contribution in [1.82, 2.24) is 0 Å². The Morgan fingerprint density at radius 1 is 1.11 bits per heavy atom. The second-order valence-electron chi connectivity index (χ2n) is 4.61. The molecule has 1 heterocycles. The van der Waals surface area contributed by atoms with Crippen LogP contribution in [-0.4, -0.2) is 19.3 Å². The zero-order chi connectivity index (χ0) is 14.0. The fraction of sp³-hybridized carbons (Fsp3) is 0.333. The minimum absolute atomic E-state index is 0.670. The number of benzene rings is 1. The van der Waals surface area contributed by atoms with Crippen molar-refractivity contribution in [2.45, 2.75) is 19.4 Å². The zero-order valence-corrected chi connectivity index (χ0v) is 12.4. The molecule has 0 radical (unpaired) electrons. The Bertz CT molecular complexity index is 550. The van der Waals surface area contributed by atoms with Gasteiger partial charge in [0.15, 0.2) is 0 Å². The van der Waals surface area contributed by atoms with Crippen LogP contribution in [0.25, 0.3) is 0 Å². The molecule has 1 aromatic heterocycles. The number of hydrogen-bond donors (Lipinski definition) is 1. The molecule has 3 nitrogen and oxygen atoms in total. The topological polar surface area (TPSA) is 38.7 Å². The van der Waals surface area contributed by atoms with E-state index in [-0.39, 0.29) is 0 Å². The maximum absolute atomic E-state index is 10.9. The van der Waals surface area contributed by atoms with Crippen molar-refractivity contribution in [1.29, 1.82) is 0 Å². The summed E-state index contributed by atoms with van der Waals surface area (Å²) in [5.74, 6) is 1.34. The van der Waals surface area contributed by atoms with Gasteiger partial charge in [-0.05, 0) is 48.6 Å². The summed E-state index contributed by atoms with van der Waals surface area (Å²) < 4.78 is 10.5. The van der Waals surface area contributed by atoms with E-state index < -0.39 is 5.60 Å². The van der Waals surface area contributed by atoms with Crippen LogP contribution in [0.15, 0.2) is 29.6 Å². The number of thiophene rings is 1. The van der Waals surface area contributed by atoms with Crippen molar-refractivity contribution >= 4 is 11.3 Å². The fourth-order valence-electron chi connectivity index (χ4n) is 2.09. The molecule has 0 aliphatic rings. The molecule has 0 saturated carbocycles. The smallest absolute Gasteiger partial charge is 0.122 e. The number of rotatable bonds is 4. The average Bonchev–Trinajstić information content (AvgIpc) is 2.85. The minimum Gasteiger partial charge on any atom is -0.497 e. The molecule has 1 atom stereocenters. The standard InChI is InChI=1S/C15H18O3S/c1-10-5-6-19-14(10)15(2,16)11-7-12(17-3)9-13(8-11)18-4/h5-9,16H,1-4H3. The molecular weight excluding hydrogens is 260 g/mol. The van der Waals surface area contributed by atoms with Gasteiger partial charge in [0.2, 0.25) is 0 Å². The molecule has 0 fully saturated rings. The summed E-state index contributed by atoms with van der Waals surface area (Å²) in [7, 11) is 3.20. The highest BCUT2D eigenvalue weighted by atomic mass is 32.1. The van der Waals surface area contributed by atoms with E-state index >= 15 is 0 Å². The molecule has 2 rings (SSSR count). The van der Waals surface area contributed by atoms with E-state index in [1.54, 1.807) is 38.5 Å². The molecule has 1 aromatic carbocycles. The summed E-state index contributed by atoms with van der Waals surface area (Å²) in [4.78, 5) is 0.933. The van der Waals surface area contributed by atoms with Crippen LogP contribution in [0, 0.1) is 6.92 Å². The average molecular weight is 278 g/mol. The van der Waals surface area contributed by atoms with E-state index in [4.69, 9.17) is 9.47 Å². The monoisotopic (exact) mass is 278 g/mol. The first-order valence-corrected chi connectivity index (χ1v) is 6.87. The van der Waals surface area contributed by atoms with Crippen LogP contribution in [-0.2, 0) is 5.60 Å². The molecular formula is C15H18O3S. The molecule has 4 heteroatoms. The van der Waals surface area contributed by atoms with Crippen LogP contribution in [0.3, 0.4) is 0 Å². The van der Waals surface area contributed by atoms with Gasteiger partial charge in [-0.3, -0.25) is 0 Å². The SMILES string of the molecule is COc1cc(OC)cc(C(C)(O)c2sccc2C)c1. The van der Waals surface area contributed by atoms with Crippen LogP contribution in [0.4, 0.5) is 0 Å². The van der Waals surface area contributed by atoms with E-state index in [1.165, 1.54) is 0 Å². The Hall–Kier alpha value is -1.52. The Morgan fingerprint density at radius 3 is 2.11 bits per heavy atom. The van der Waals surface area contributed by atoms with Crippen molar-refractivity contribution in [2.75, 3.05) is 14.2 Å². The first-order chi connectivity index (χ1) is 8.98. The van der Waals surface area contributed by atoms with Gasteiger partial charge in [-0.25, -0.2) is 0 Å². The van der Waals surface area contributed by atoms with Gasteiger partial charge in [-0.1, -0.05) is 0 Å². The Morgan fingerprint density at radius 2 is 1.68 bits per heavy atom. The van der Waals surface area contributed by atoms with E-state index in [2.05, 4.69) is 0 Å². The summed E-state index contributed by atoms with van der Waals surface area (Å²) in [5.41, 5.74) is 0.783. The van der Waals surface area contributed by atoms with Gasteiger partial charge in [0.25, 0.3) is 0 Å². The van der Waals surface area contributed by atoms with Crippen LogP contribution in [0.5, 0.6) is 11.5 Å². The predicted octanol–water partition coefficient (Wildman–Crippen LogP) is 3.33. The zero-order valence-electron chi connectivity index (χ0n) is 11.6. The normalized spacial score (nSPS) is 13.9. The second-order valence-corrected chi connectivity index (χ2v) is 5.52. The van der Waals surface area contributed by atoms with E-state index in [9.17, 15) is 5.11 Å². The summed E-state index contributed by atoms with van der Waals surface area (Å²) in [6.07, 6.45) is 0. The van der Waals surface area contributed by atoms with E-state index in [0.29, 0.717) is 11.5 Å². The van der Waals surface area contributed by atoms with Gasteiger partial charge in [-0.15, -0.1) is 11.3 Å². The predicted molar refractivity (Wildman–Crippen MR) is 77.3 cm³/mol. The number of ether oxygens (including phenoxy) is 2. The lowest BCUT2D eigenvalue weighted by molar-refractivity contribution is 0.105. The van der Waals surface area contributed by atoms with Crippen molar-refractivity contribution in [2.24, 2.45) is 0 Å². The van der Waals surface area contributed by atoms with E-state index in [0.717, 1.165) is 16.0 Å². The van der Waals surface area contributed by atoms with Crippen LogP contribution in [0.2, 0.25) is 0 Å². The molecule has 2 aromatic rings. The lowest BCUT2D eigenvalue weighted by Crippen LogP contribution is -2.22. The number of aliphatic hydroxyl groups is 1. The number of hydrogen-bond acceptors (Lipinski definition) is 4. The van der Waals surface area contributed by atoms with Crippen LogP contribution >= 0.6 is 11.3 Å². The molecule has 102 valence electrons. The third-order valence-corrected chi connectivity index (χ3v) is 4.45. The number of aryl methyl sites for hydroxylation is 1. The summed E-state index contributed by atoms with van der Waals surface area (Å²) in [6, 6.07) is 7.47. The molecule has 1 unspecified atom stereocenters. The van der Waals surface area contributed by atoms with Gasteiger partial charge < -0.3 is 14.6 Å². The fourth-order valence-corrected chi connectivity index (χ4v) is 3.10. The lowest BCUT2D eigenvalue weighted by Gasteiger charge is -2.24. The van der Waals surface area contributed by atoms with Gasteiger partial charge >= 0.3 is 0 Å². The summed E-state index contributed by atoms with van der Waals surface area (Å²) >= 11 is 1.55. The summed E-state index contributed by atoms with van der Waals surface area (Å²) in [5, 5.41) is 12.8. The molecule has 1 N–H and O–H groups in total. The maximum Gasteiger partial charge on any atom is 0.122 e. The van der Waals surface area contributed by atoms with Gasteiger partial charge in [0.1, 0.15) is 17.1 Å². The van der Waals surface area contributed by atoms with Crippen molar-refractivity contribution in [3.63, 3.8) is 0 Å². The van der Waals surface area contributed by atoms with Gasteiger partial charge in [0.05, 0.1) is 14.2 Å². The van der Waals surface area contributed by atoms with E-state index in [1.807, 2.05) is 30.5 Å². The molecule has 0 spiro atoms.